The van der Waals surface area contributed by atoms with E-state index < -0.39 is 0 Å². The molecule has 0 saturated carbocycles. The molecule has 12 rings (SSSR count). The summed E-state index contributed by atoms with van der Waals surface area (Å²) in [6.45, 7) is 0. The van der Waals surface area contributed by atoms with Crippen LogP contribution in [0.4, 0.5) is 0 Å². The summed E-state index contributed by atoms with van der Waals surface area (Å²) in [6, 6.07) is 57.9. The number of aromatic nitrogens is 4. The van der Waals surface area contributed by atoms with Gasteiger partial charge in [0.1, 0.15) is 0 Å². The average molecular weight is 681 g/mol. The van der Waals surface area contributed by atoms with Crippen molar-refractivity contribution in [3.8, 4) is 17.1 Å². The molecule has 5 heteroatoms. The first-order valence-corrected chi connectivity index (χ1v) is 18.4. The number of thiophene rings is 1. The molecule has 0 N–H and O–H groups in total. The van der Waals surface area contributed by atoms with Crippen LogP contribution in [0, 0.1) is 0 Å². The fraction of sp³-hybridized carbons (Fsp3) is 0. The smallest absolute Gasteiger partial charge is 0.0542 e. The number of para-hydroxylation sites is 4. The summed E-state index contributed by atoms with van der Waals surface area (Å²) in [6.07, 6.45) is 3.86. The van der Waals surface area contributed by atoms with Crippen molar-refractivity contribution in [1.82, 2.24) is 18.7 Å². The molecule has 0 fully saturated rings. The first kappa shape index (κ1) is 28.1. The maximum absolute atomic E-state index is 4.37. The van der Waals surface area contributed by atoms with Gasteiger partial charge in [0, 0.05) is 77.2 Å². The normalized spacial score (nSPS) is 12.2. The second-order valence-electron chi connectivity index (χ2n) is 13.6. The zero-order chi connectivity index (χ0) is 33.9. The summed E-state index contributed by atoms with van der Waals surface area (Å²) < 4.78 is 9.75. The fourth-order valence-electron chi connectivity index (χ4n) is 8.72. The molecule has 0 saturated heterocycles. The van der Waals surface area contributed by atoms with E-state index in [2.05, 4.69) is 176 Å². The van der Waals surface area contributed by atoms with Crippen LogP contribution in [0.25, 0.3) is 103 Å². The summed E-state index contributed by atoms with van der Waals surface area (Å²) in [5, 5.41) is 10.1. The highest BCUT2D eigenvalue weighted by Crippen LogP contribution is 2.40. The molecule has 52 heavy (non-hydrogen) atoms. The van der Waals surface area contributed by atoms with E-state index in [0.717, 1.165) is 11.4 Å². The second kappa shape index (κ2) is 10.4. The van der Waals surface area contributed by atoms with Crippen molar-refractivity contribution < 1.29 is 0 Å². The molecule has 0 spiro atoms. The molecule has 242 valence electrons. The van der Waals surface area contributed by atoms with Crippen LogP contribution in [0.3, 0.4) is 0 Å². The van der Waals surface area contributed by atoms with Gasteiger partial charge in [-0.05, 0) is 78.9 Å². The second-order valence-corrected chi connectivity index (χ2v) is 14.7. The molecule has 5 heterocycles. The van der Waals surface area contributed by atoms with Gasteiger partial charge in [0.05, 0.1) is 37.8 Å². The quantitative estimate of drug-likeness (QED) is 0.182. The Morgan fingerprint density at radius 2 is 0.731 bits per heavy atom. The molecule has 5 aromatic heterocycles. The van der Waals surface area contributed by atoms with Crippen molar-refractivity contribution in [3.63, 3.8) is 0 Å². The van der Waals surface area contributed by atoms with Crippen LogP contribution >= 0.6 is 11.3 Å². The van der Waals surface area contributed by atoms with E-state index >= 15 is 0 Å². The van der Waals surface area contributed by atoms with Crippen LogP contribution in [0.2, 0.25) is 0 Å². The van der Waals surface area contributed by atoms with Crippen molar-refractivity contribution in [2.75, 3.05) is 0 Å². The van der Waals surface area contributed by atoms with E-state index in [0.29, 0.717) is 0 Å². The Hall–Kier alpha value is -6.69. The summed E-state index contributed by atoms with van der Waals surface area (Å²) in [7, 11) is 0. The van der Waals surface area contributed by atoms with Crippen LogP contribution in [-0.4, -0.2) is 18.7 Å². The van der Waals surface area contributed by atoms with Crippen molar-refractivity contribution in [2.24, 2.45) is 0 Å². The van der Waals surface area contributed by atoms with E-state index in [1.807, 2.05) is 12.4 Å². The molecule has 0 atom stereocenters. The number of fused-ring (bicyclic) bond motifs is 12. The molecule has 0 aliphatic carbocycles. The standard InChI is InChI=1S/C47H28N4S/c1-5-13-40-32(9-1)33-10-2-6-14-41(33)49(40)29-18-21-44-38(25-29)34-11-3-7-15-42(34)50(44)30-19-22-45-39(26-30)35-12-4-8-16-43(35)51(45)31-17-20-36-37-23-24-48-28-47(37)52-46(36)27-31/h1-28H. The van der Waals surface area contributed by atoms with E-state index in [9.17, 15) is 0 Å². The highest BCUT2D eigenvalue weighted by atomic mass is 32.1. The van der Waals surface area contributed by atoms with Gasteiger partial charge < -0.3 is 13.7 Å². The summed E-state index contributed by atoms with van der Waals surface area (Å²) in [5.74, 6) is 0. The summed E-state index contributed by atoms with van der Waals surface area (Å²) >= 11 is 1.81. The Morgan fingerprint density at radius 3 is 1.25 bits per heavy atom. The van der Waals surface area contributed by atoms with Gasteiger partial charge in [-0.3, -0.25) is 4.98 Å². The summed E-state index contributed by atoms with van der Waals surface area (Å²) in [4.78, 5) is 4.37. The molecule has 0 amide bonds. The van der Waals surface area contributed by atoms with Gasteiger partial charge in [-0.25, -0.2) is 0 Å². The number of pyridine rings is 1. The number of hydrogen-bond acceptors (Lipinski definition) is 2. The van der Waals surface area contributed by atoms with Crippen LogP contribution in [0.5, 0.6) is 0 Å². The lowest BCUT2D eigenvalue weighted by molar-refractivity contribution is 1.16. The first-order valence-electron chi connectivity index (χ1n) is 17.6. The third-order valence-electron chi connectivity index (χ3n) is 10.9. The predicted octanol–water partition coefficient (Wildman–Crippen LogP) is 12.7. The van der Waals surface area contributed by atoms with E-state index in [1.165, 1.54) is 91.3 Å². The molecule has 7 aromatic carbocycles. The Kier molecular flexibility index (Phi) is 5.62. The van der Waals surface area contributed by atoms with Crippen molar-refractivity contribution in [3.05, 3.63) is 170 Å². The van der Waals surface area contributed by atoms with Crippen LogP contribution in [0.1, 0.15) is 0 Å². The van der Waals surface area contributed by atoms with Crippen molar-refractivity contribution >= 4 is 96.9 Å². The third-order valence-corrected chi connectivity index (χ3v) is 12.0. The maximum atomic E-state index is 4.37. The van der Waals surface area contributed by atoms with E-state index in [4.69, 9.17) is 0 Å². The Labute approximate surface area is 301 Å². The van der Waals surface area contributed by atoms with Crippen molar-refractivity contribution in [1.29, 1.82) is 0 Å². The van der Waals surface area contributed by atoms with Gasteiger partial charge in [-0.2, -0.15) is 0 Å². The topological polar surface area (TPSA) is 27.7 Å². The minimum absolute atomic E-state index is 1.15. The zero-order valence-corrected chi connectivity index (χ0v) is 28.7. The van der Waals surface area contributed by atoms with Gasteiger partial charge in [-0.1, -0.05) is 78.9 Å². The highest BCUT2D eigenvalue weighted by Gasteiger charge is 2.19. The lowest BCUT2D eigenvalue weighted by atomic mass is 10.1. The van der Waals surface area contributed by atoms with Gasteiger partial charge in [0.25, 0.3) is 0 Å². The lowest BCUT2D eigenvalue weighted by Crippen LogP contribution is -1.96. The third kappa shape index (κ3) is 3.78. The Balaban J connectivity index is 1.08. The monoisotopic (exact) mass is 680 g/mol. The van der Waals surface area contributed by atoms with Crippen LogP contribution in [0.15, 0.2) is 170 Å². The Morgan fingerprint density at radius 1 is 0.327 bits per heavy atom. The Bertz CT molecular complexity index is 3370. The first-order chi connectivity index (χ1) is 25.8. The van der Waals surface area contributed by atoms with E-state index in [1.54, 1.807) is 11.3 Å². The number of hydrogen-bond donors (Lipinski definition) is 0. The van der Waals surface area contributed by atoms with Gasteiger partial charge in [0.15, 0.2) is 0 Å². The van der Waals surface area contributed by atoms with E-state index in [-0.39, 0.29) is 0 Å². The molecular formula is C47H28N4S. The van der Waals surface area contributed by atoms with Crippen molar-refractivity contribution in [2.45, 2.75) is 0 Å². The highest BCUT2D eigenvalue weighted by molar-refractivity contribution is 7.25. The molecule has 4 nitrogen and oxygen atoms in total. The average Bonchev–Trinajstić information content (AvgIpc) is 3.93. The van der Waals surface area contributed by atoms with Crippen LogP contribution < -0.4 is 0 Å². The molecular weight excluding hydrogens is 653 g/mol. The maximum Gasteiger partial charge on any atom is 0.0542 e. The fourth-order valence-corrected chi connectivity index (χ4v) is 9.82. The SMILES string of the molecule is c1ccc2c(c1)c1ccccc1n2-c1ccc2c(c1)c1ccccc1n2-c1ccc2c(c1)c1ccccc1n2-c1ccc2c(c1)sc1cnccc12. The number of benzene rings is 7. The molecule has 0 unspecified atom stereocenters. The summed E-state index contributed by atoms with van der Waals surface area (Å²) in [5.41, 5.74) is 10.7. The molecule has 12 aromatic rings. The number of rotatable bonds is 3. The number of nitrogens with zero attached hydrogens (tertiary/aromatic N) is 4. The minimum Gasteiger partial charge on any atom is -0.309 e. The van der Waals surface area contributed by atoms with Gasteiger partial charge in [0.2, 0.25) is 0 Å². The zero-order valence-electron chi connectivity index (χ0n) is 27.9. The van der Waals surface area contributed by atoms with Crippen LogP contribution in [-0.2, 0) is 0 Å². The minimum atomic E-state index is 1.15. The molecule has 0 bridgehead atoms. The largest absolute Gasteiger partial charge is 0.309 e. The molecule has 0 aliphatic rings. The predicted molar refractivity (Wildman–Crippen MR) is 220 cm³/mol. The van der Waals surface area contributed by atoms with Gasteiger partial charge in [-0.15, -0.1) is 11.3 Å². The van der Waals surface area contributed by atoms with Gasteiger partial charge >= 0.3 is 0 Å². The molecule has 0 radical (unpaired) electrons. The lowest BCUT2D eigenvalue weighted by Gasteiger charge is -2.11. The molecule has 0 aliphatic heterocycles.